The molecule has 1 amide bonds. The lowest BCUT2D eigenvalue weighted by Crippen LogP contribution is -2.24. The van der Waals surface area contributed by atoms with Crippen LogP contribution in [0.15, 0.2) is 18.2 Å². The quantitative estimate of drug-likeness (QED) is 0.903. The number of hydrogen-bond donors (Lipinski definition) is 1. The van der Waals surface area contributed by atoms with Crippen LogP contribution in [0.5, 0.6) is 5.75 Å². The van der Waals surface area contributed by atoms with Crippen LogP contribution in [0.2, 0.25) is 5.02 Å². The van der Waals surface area contributed by atoms with Crippen LogP contribution in [0.3, 0.4) is 0 Å². The molecule has 3 nitrogen and oxygen atoms in total. The number of carbonyl (C=O) groups is 1. The zero-order valence-electron chi connectivity index (χ0n) is 10.5. The van der Waals surface area contributed by atoms with Gasteiger partial charge in [-0.1, -0.05) is 30.9 Å². The van der Waals surface area contributed by atoms with E-state index < -0.39 is 0 Å². The van der Waals surface area contributed by atoms with Crippen LogP contribution in [0.4, 0.5) is 5.69 Å². The Morgan fingerprint density at radius 1 is 1.33 bits per heavy atom. The lowest BCUT2D eigenvalue weighted by molar-refractivity contribution is -0.120. The van der Waals surface area contributed by atoms with E-state index in [0.29, 0.717) is 16.5 Å². The lowest BCUT2D eigenvalue weighted by atomic mass is 9.88. The van der Waals surface area contributed by atoms with Crippen molar-refractivity contribution in [3.05, 3.63) is 23.2 Å². The Labute approximate surface area is 112 Å². The third-order valence-electron chi connectivity index (χ3n) is 3.40. The van der Waals surface area contributed by atoms with E-state index in [1.807, 2.05) is 0 Å². The summed E-state index contributed by atoms with van der Waals surface area (Å²) in [5, 5.41) is 3.54. The number of amides is 1. The Balaban J connectivity index is 2.06. The van der Waals surface area contributed by atoms with Gasteiger partial charge in [0.2, 0.25) is 5.91 Å². The van der Waals surface area contributed by atoms with Crippen molar-refractivity contribution in [2.24, 2.45) is 5.92 Å². The van der Waals surface area contributed by atoms with Gasteiger partial charge in [0.1, 0.15) is 5.75 Å². The Morgan fingerprint density at radius 3 is 2.72 bits per heavy atom. The smallest absolute Gasteiger partial charge is 0.227 e. The third-order valence-corrected chi connectivity index (χ3v) is 3.63. The molecule has 0 aromatic heterocycles. The molecule has 1 aliphatic rings. The van der Waals surface area contributed by atoms with Gasteiger partial charge in [0.15, 0.2) is 0 Å². The first-order valence-corrected chi connectivity index (χ1v) is 6.73. The summed E-state index contributed by atoms with van der Waals surface area (Å²) < 4.78 is 5.22. The van der Waals surface area contributed by atoms with E-state index in [1.165, 1.54) is 6.42 Å². The molecule has 1 saturated carbocycles. The van der Waals surface area contributed by atoms with Crippen LogP contribution in [-0.4, -0.2) is 13.0 Å². The maximum Gasteiger partial charge on any atom is 0.227 e. The summed E-state index contributed by atoms with van der Waals surface area (Å²) >= 11 is 5.89. The molecular weight excluding hydrogens is 250 g/mol. The minimum Gasteiger partial charge on any atom is -0.495 e. The minimum atomic E-state index is 0.0929. The van der Waals surface area contributed by atoms with Crippen molar-refractivity contribution in [1.29, 1.82) is 0 Å². The molecule has 2 rings (SSSR count). The number of anilines is 1. The molecule has 1 fully saturated rings. The standard InChI is InChI=1S/C14H18ClNO2/c1-18-13-9-11(15)7-8-12(13)16-14(17)10-5-3-2-4-6-10/h7-10H,2-6H2,1H3,(H,16,17). The molecule has 1 aromatic carbocycles. The summed E-state index contributed by atoms with van der Waals surface area (Å²) in [5.41, 5.74) is 0.692. The van der Waals surface area contributed by atoms with Gasteiger partial charge in [0.05, 0.1) is 12.8 Å². The van der Waals surface area contributed by atoms with Crippen LogP contribution in [0.25, 0.3) is 0 Å². The van der Waals surface area contributed by atoms with Gasteiger partial charge in [-0.05, 0) is 25.0 Å². The van der Waals surface area contributed by atoms with Gasteiger partial charge in [-0.25, -0.2) is 0 Å². The third kappa shape index (κ3) is 3.16. The molecule has 0 aliphatic heterocycles. The highest BCUT2D eigenvalue weighted by atomic mass is 35.5. The Hall–Kier alpha value is -1.22. The molecule has 18 heavy (non-hydrogen) atoms. The SMILES string of the molecule is COc1cc(Cl)ccc1NC(=O)C1CCCCC1. The highest BCUT2D eigenvalue weighted by Crippen LogP contribution is 2.30. The lowest BCUT2D eigenvalue weighted by Gasteiger charge is -2.21. The number of methoxy groups -OCH3 is 1. The average molecular weight is 268 g/mol. The van der Waals surface area contributed by atoms with Gasteiger partial charge in [0, 0.05) is 17.0 Å². The largest absolute Gasteiger partial charge is 0.495 e. The number of benzene rings is 1. The molecule has 1 aromatic rings. The topological polar surface area (TPSA) is 38.3 Å². The number of rotatable bonds is 3. The van der Waals surface area contributed by atoms with E-state index in [4.69, 9.17) is 16.3 Å². The number of nitrogens with one attached hydrogen (secondary N) is 1. The first-order valence-electron chi connectivity index (χ1n) is 6.35. The maximum atomic E-state index is 12.1. The highest BCUT2D eigenvalue weighted by molar-refractivity contribution is 6.30. The summed E-state index contributed by atoms with van der Waals surface area (Å²) in [5.74, 6) is 0.834. The van der Waals surface area contributed by atoms with Crippen molar-refractivity contribution in [3.8, 4) is 5.75 Å². The van der Waals surface area contributed by atoms with Gasteiger partial charge < -0.3 is 10.1 Å². The van der Waals surface area contributed by atoms with Gasteiger partial charge in [-0.2, -0.15) is 0 Å². The average Bonchev–Trinajstić information content (AvgIpc) is 2.41. The molecule has 0 saturated heterocycles. The normalized spacial score (nSPS) is 16.3. The maximum absolute atomic E-state index is 12.1. The second-order valence-corrected chi connectivity index (χ2v) is 5.11. The van der Waals surface area contributed by atoms with E-state index in [9.17, 15) is 4.79 Å². The van der Waals surface area contributed by atoms with Gasteiger partial charge in [-0.15, -0.1) is 0 Å². The predicted octanol–water partition coefficient (Wildman–Crippen LogP) is 3.87. The van der Waals surface area contributed by atoms with Gasteiger partial charge in [0.25, 0.3) is 0 Å². The fourth-order valence-corrected chi connectivity index (χ4v) is 2.53. The minimum absolute atomic E-state index is 0.0929. The van der Waals surface area contributed by atoms with E-state index >= 15 is 0 Å². The zero-order valence-corrected chi connectivity index (χ0v) is 11.3. The summed E-state index contributed by atoms with van der Waals surface area (Å²) in [6.45, 7) is 0. The zero-order chi connectivity index (χ0) is 13.0. The van der Waals surface area contributed by atoms with Crippen LogP contribution >= 0.6 is 11.6 Å². The highest BCUT2D eigenvalue weighted by Gasteiger charge is 2.21. The van der Waals surface area contributed by atoms with Gasteiger partial charge >= 0.3 is 0 Å². The van der Waals surface area contributed by atoms with Crippen LogP contribution in [-0.2, 0) is 4.79 Å². The van der Waals surface area contributed by atoms with Crippen molar-refractivity contribution in [2.45, 2.75) is 32.1 Å². The molecule has 0 unspecified atom stereocenters. The van der Waals surface area contributed by atoms with Gasteiger partial charge in [-0.3, -0.25) is 4.79 Å². The Bertz CT molecular complexity index is 428. The van der Waals surface area contributed by atoms with Crippen molar-refractivity contribution in [2.75, 3.05) is 12.4 Å². The van der Waals surface area contributed by atoms with E-state index in [2.05, 4.69) is 5.32 Å². The van der Waals surface area contributed by atoms with E-state index in [0.717, 1.165) is 25.7 Å². The van der Waals surface area contributed by atoms with Crippen molar-refractivity contribution in [3.63, 3.8) is 0 Å². The molecule has 0 spiro atoms. The fraction of sp³-hybridized carbons (Fsp3) is 0.500. The van der Waals surface area contributed by atoms with Crippen molar-refractivity contribution < 1.29 is 9.53 Å². The molecule has 98 valence electrons. The van der Waals surface area contributed by atoms with Crippen LogP contribution < -0.4 is 10.1 Å². The number of ether oxygens (including phenoxy) is 1. The molecule has 1 aliphatic carbocycles. The number of carbonyl (C=O) groups excluding carboxylic acids is 1. The number of hydrogen-bond acceptors (Lipinski definition) is 2. The Morgan fingerprint density at radius 2 is 2.06 bits per heavy atom. The monoisotopic (exact) mass is 267 g/mol. The molecule has 1 N–H and O–H groups in total. The fourth-order valence-electron chi connectivity index (χ4n) is 2.37. The van der Waals surface area contributed by atoms with E-state index in [-0.39, 0.29) is 11.8 Å². The first-order chi connectivity index (χ1) is 8.70. The van der Waals surface area contributed by atoms with E-state index in [1.54, 1.807) is 25.3 Å². The molecule has 0 heterocycles. The van der Waals surface area contributed by atoms with Crippen LogP contribution in [0.1, 0.15) is 32.1 Å². The molecular formula is C14H18ClNO2. The molecule has 0 radical (unpaired) electrons. The Kier molecular flexibility index (Phi) is 4.48. The molecule has 0 atom stereocenters. The number of halogens is 1. The van der Waals surface area contributed by atoms with Crippen molar-refractivity contribution in [1.82, 2.24) is 0 Å². The first kappa shape index (κ1) is 13.2. The predicted molar refractivity (Wildman–Crippen MR) is 73.2 cm³/mol. The summed E-state index contributed by atoms with van der Waals surface area (Å²) in [6, 6.07) is 5.24. The second-order valence-electron chi connectivity index (χ2n) is 4.67. The summed E-state index contributed by atoms with van der Waals surface area (Å²) in [7, 11) is 1.57. The van der Waals surface area contributed by atoms with Crippen LogP contribution in [0, 0.1) is 5.92 Å². The summed E-state index contributed by atoms with van der Waals surface area (Å²) in [4.78, 5) is 12.1. The molecule has 0 bridgehead atoms. The van der Waals surface area contributed by atoms with Crippen molar-refractivity contribution >= 4 is 23.2 Å². The summed E-state index contributed by atoms with van der Waals surface area (Å²) in [6.07, 6.45) is 5.52. The molecule has 4 heteroatoms. The second kappa shape index (κ2) is 6.10.